The highest BCUT2D eigenvalue weighted by Crippen LogP contribution is 2.20. The maximum atomic E-state index is 12.3. The monoisotopic (exact) mass is 309 g/mol. The van der Waals surface area contributed by atoms with Crippen LogP contribution in [-0.2, 0) is 6.42 Å². The summed E-state index contributed by atoms with van der Waals surface area (Å²) in [7, 11) is 0. The number of aryl methyl sites for hydroxylation is 1. The molecule has 0 aliphatic heterocycles. The molecule has 0 unspecified atom stereocenters. The summed E-state index contributed by atoms with van der Waals surface area (Å²) in [6.07, 6.45) is 7.26. The van der Waals surface area contributed by atoms with E-state index in [9.17, 15) is 4.79 Å². The fourth-order valence-corrected chi connectivity index (χ4v) is 2.95. The summed E-state index contributed by atoms with van der Waals surface area (Å²) in [5.74, 6) is -0.0816. The molecule has 1 aromatic carbocycles. The first-order chi connectivity index (χ1) is 11.2. The standard InChI is InChI=1S/C19H23N3O/c1-2-14-7-9-16(10-8-14)21-17-11-12-20-18(13-17)19(23)22-15-5-3-4-6-15/h7-13,15H,2-6H2,1H3,(H,20,21)(H,22,23). The summed E-state index contributed by atoms with van der Waals surface area (Å²) >= 11 is 0. The lowest BCUT2D eigenvalue weighted by Crippen LogP contribution is -2.33. The van der Waals surface area contributed by atoms with Crippen LogP contribution in [0.4, 0.5) is 11.4 Å². The molecule has 0 radical (unpaired) electrons. The van der Waals surface area contributed by atoms with E-state index in [1.54, 1.807) is 12.3 Å². The normalized spacial score (nSPS) is 14.7. The van der Waals surface area contributed by atoms with Gasteiger partial charge >= 0.3 is 0 Å². The van der Waals surface area contributed by atoms with Crippen LogP contribution in [0.5, 0.6) is 0 Å². The number of carbonyl (C=O) groups is 1. The number of anilines is 2. The summed E-state index contributed by atoms with van der Waals surface area (Å²) < 4.78 is 0. The van der Waals surface area contributed by atoms with E-state index in [0.717, 1.165) is 30.6 Å². The fourth-order valence-electron chi connectivity index (χ4n) is 2.95. The molecule has 3 rings (SSSR count). The average molecular weight is 309 g/mol. The van der Waals surface area contributed by atoms with Crippen molar-refractivity contribution < 1.29 is 4.79 Å². The number of pyridine rings is 1. The molecule has 0 bridgehead atoms. The lowest BCUT2D eigenvalue weighted by atomic mass is 10.1. The number of nitrogens with zero attached hydrogens (tertiary/aromatic N) is 1. The molecule has 120 valence electrons. The quantitative estimate of drug-likeness (QED) is 0.875. The molecule has 1 aromatic heterocycles. The Morgan fingerprint density at radius 2 is 1.87 bits per heavy atom. The van der Waals surface area contributed by atoms with Gasteiger partial charge in [-0.25, -0.2) is 0 Å². The molecular weight excluding hydrogens is 286 g/mol. The highest BCUT2D eigenvalue weighted by molar-refractivity contribution is 5.93. The molecule has 0 spiro atoms. The topological polar surface area (TPSA) is 54.0 Å². The Morgan fingerprint density at radius 1 is 1.13 bits per heavy atom. The molecule has 2 aromatic rings. The average Bonchev–Trinajstić information content (AvgIpc) is 3.09. The van der Waals surface area contributed by atoms with Crippen molar-refractivity contribution in [2.45, 2.75) is 45.1 Å². The number of rotatable bonds is 5. The lowest BCUT2D eigenvalue weighted by Gasteiger charge is -2.12. The van der Waals surface area contributed by atoms with Gasteiger partial charge in [-0.2, -0.15) is 0 Å². The maximum Gasteiger partial charge on any atom is 0.270 e. The van der Waals surface area contributed by atoms with Crippen LogP contribution in [-0.4, -0.2) is 16.9 Å². The molecule has 1 saturated carbocycles. The zero-order chi connectivity index (χ0) is 16.1. The molecule has 1 fully saturated rings. The van der Waals surface area contributed by atoms with Crippen molar-refractivity contribution in [3.8, 4) is 0 Å². The summed E-state index contributed by atoms with van der Waals surface area (Å²) in [6.45, 7) is 2.14. The third-order valence-corrected chi connectivity index (χ3v) is 4.33. The van der Waals surface area contributed by atoms with E-state index >= 15 is 0 Å². The number of aromatic nitrogens is 1. The fraction of sp³-hybridized carbons (Fsp3) is 0.368. The van der Waals surface area contributed by atoms with E-state index in [1.165, 1.54) is 18.4 Å². The molecule has 4 heteroatoms. The SMILES string of the molecule is CCc1ccc(Nc2ccnc(C(=O)NC3CCCC3)c2)cc1. The first-order valence-corrected chi connectivity index (χ1v) is 8.37. The van der Waals surface area contributed by atoms with E-state index in [-0.39, 0.29) is 5.91 Å². The summed E-state index contributed by atoms with van der Waals surface area (Å²) in [5, 5.41) is 6.40. The second-order valence-electron chi connectivity index (χ2n) is 6.06. The van der Waals surface area contributed by atoms with Gasteiger partial charge in [-0.05, 0) is 49.1 Å². The van der Waals surface area contributed by atoms with E-state index in [1.807, 2.05) is 6.07 Å². The molecule has 0 saturated heterocycles. The molecule has 23 heavy (non-hydrogen) atoms. The van der Waals surface area contributed by atoms with Crippen molar-refractivity contribution in [1.29, 1.82) is 0 Å². The minimum absolute atomic E-state index is 0.0816. The predicted molar refractivity (Wildman–Crippen MR) is 93.1 cm³/mol. The molecule has 4 nitrogen and oxygen atoms in total. The number of hydrogen-bond acceptors (Lipinski definition) is 3. The predicted octanol–water partition coefficient (Wildman–Crippen LogP) is 4.06. The van der Waals surface area contributed by atoms with Crippen molar-refractivity contribution >= 4 is 17.3 Å². The van der Waals surface area contributed by atoms with Crippen LogP contribution in [0.3, 0.4) is 0 Å². The second-order valence-corrected chi connectivity index (χ2v) is 6.06. The smallest absolute Gasteiger partial charge is 0.270 e. The molecule has 0 atom stereocenters. The van der Waals surface area contributed by atoms with Crippen molar-refractivity contribution in [3.05, 3.63) is 53.9 Å². The Kier molecular flexibility index (Phi) is 4.91. The zero-order valence-electron chi connectivity index (χ0n) is 13.5. The van der Waals surface area contributed by atoms with Gasteiger partial charge < -0.3 is 10.6 Å². The van der Waals surface area contributed by atoms with Crippen molar-refractivity contribution in [2.75, 3.05) is 5.32 Å². The third kappa shape index (κ3) is 4.09. The van der Waals surface area contributed by atoms with Gasteiger partial charge in [-0.1, -0.05) is 31.9 Å². The van der Waals surface area contributed by atoms with Crippen LogP contribution in [0.25, 0.3) is 0 Å². The summed E-state index contributed by atoms with van der Waals surface area (Å²) in [5.41, 5.74) is 3.66. The molecule has 1 amide bonds. The van der Waals surface area contributed by atoms with Gasteiger partial charge in [0.15, 0.2) is 0 Å². The third-order valence-electron chi connectivity index (χ3n) is 4.33. The number of benzene rings is 1. The Hall–Kier alpha value is -2.36. The van der Waals surface area contributed by atoms with Crippen LogP contribution < -0.4 is 10.6 Å². The van der Waals surface area contributed by atoms with Gasteiger partial charge in [0.2, 0.25) is 0 Å². The second kappa shape index (κ2) is 7.27. The minimum Gasteiger partial charge on any atom is -0.355 e. The van der Waals surface area contributed by atoms with E-state index in [0.29, 0.717) is 11.7 Å². The van der Waals surface area contributed by atoms with Crippen LogP contribution in [0.2, 0.25) is 0 Å². The van der Waals surface area contributed by atoms with Gasteiger partial charge in [0.05, 0.1) is 0 Å². The van der Waals surface area contributed by atoms with E-state index < -0.39 is 0 Å². The van der Waals surface area contributed by atoms with Gasteiger partial charge in [0.25, 0.3) is 5.91 Å². The Labute approximate surface area is 137 Å². The molecule has 2 N–H and O–H groups in total. The van der Waals surface area contributed by atoms with Gasteiger partial charge in [0, 0.05) is 23.6 Å². The first kappa shape index (κ1) is 15.5. The molecule has 1 heterocycles. The number of carbonyl (C=O) groups excluding carboxylic acids is 1. The molecule has 1 aliphatic carbocycles. The van der Waals surface area contributed by atoms with Gasteiger partial charge in [-0.15, -0.1) is 0 Å². The Balaban J connectivity index is 1.67. The molecular formula is C19H23N3O. The molecule has 1 aliphatic rings. The van der Waals surface area contributed by atoms with Crippen LogP contribution in [0.15, 0.2) is 42.6 Å². The lowest BCUT2D eigenvalue weighted by molar-refractivity contribution is 0.0933. The highest BCUT2D eigenvalue weighted by atomic mass is 16.1. The van der Waals surface area contributed by atoms with E-state index in [2.05, 4.69) is 46.8 Å². The Morgan fingerprint density at radius 3 is 2.57 bits per heavy atom. The zero-order valence-corrected chi connectivity index (χ0v) is 13.5. The number of amides is 1. The van der Waals surface area contributed by atoms with Crippen LogP contribution >= 0.6 is 0 Å². The summed E-state index contributed by atoms with van der Waals surface area (Å²) in [4.78, 5) is 16.5. The van der Waals surface area contributed by atoms with Gasteiger partial charge in [-0.3, -0.25) is 9.78 Å². The van der Waals surface area contributed by atoms with E-state index in [4.69, 9.17) is 0 Å². The number of nitrogens with one attached hydrogen (secondary N) is 2. The Bertz CT molecular complexity index is 661. The minimum atomic E-state index is -0.0816. The first-order valence-electron chi connectivity index (χ1n) is 8.37. The van der Waals surface area contributed by atoms with Crippen molar-refractivity contribution in [2.24, 2.45) is 0 Å². The van der Waals surface area contributed by atoms with Crippen molar-refractivity contribution in [1.82, 2.24) is 10.3 Å². The van der Waals surface area contributed by atoms with Crippen LogP contribution in [0, 0.1) is 0 Å². The summed E-state index contributed by atoms with van der Waals surface area (Å²) in [6, 6.07) is 12.3. The largest absolute Gasteiger partial charge is 0.355 e. The maximum absolute atomic E-state index is 12.3. The van der Waals surface area contributed by atoms with Gasteiger partial charge in [0.1, 0.15) is 5.69 Å². The van der Waals surface area contributed by atoms with Crippen LogP contribution in [0.1, 0.15) is 48.7 Å². The van der Waals surface area contributed by atoms with Crippen molar-refractivity contribution in [3.63, 3.8) is 0 Å². The highest BCUT2D eigenvalue weighted by Gasteiger charge is 2.18. The number of hydrogen-bond donors (Lipinski definition) is 2.